The third kappa shape index (κ3) is 2.74. The summed E-state index contributed by atoms with van der Waals surface area (Å²) in [4.78, 5) is 0. The van der Waals surface area contributed by atoms with Gasteiger partial charge < -0.3 is 9.67 Å². The molecule has 106 valence electrons. The molecule has 0 unspecified atom stereocenters. The van der Waals surface area contributed by atoms with Gasteiger partial charge >= 0.3 is 0 Å². The lowest BCUT2D eigenvalue weighted by molar-refractivity contribution is 0.263. The first-order valence-corrected chi connectivity index (χ1v) is 7.91. The van der Waals surface area contributed by atoms with Gasteiger partial charge in [0.1, 0.15) is 6.61 Å². The van der Waals surface area contributed by atoms with Crippen LogP contribution in [-0.4, -0.2) is 19.9 Å². The monoisotopic (exact) mass is 289 g/mol. The lowest BCUT2D eigenvalue weighted by Crippen LogP contribution is -2.03. The van der Waals surface area contributed by atoms with Crippen molar-refractivity contribution < 1.29 is 5.11 Å². The molecule has 5 heteroatoms. The van der Waals surface area contributed by atoms with Gasteiger partial charge in [0, 0.05) is 11.8 Å². The second-order valence-electron chi connectivity index (χ2n) is 5.38. The smallest absolute Gasteiger partial charge is 0.191 e. The van der Waals surface area contributed by atoms with Gasteiger partial charge in [0.15, 0.2) is 11.0 Å². The van der Waals surface area contributed by atoms with Crippen molar-refractivity contribution in [2.45, 2.75) is 50.2 Å². The number of aryl methyl sites for hydroxylation is 2. The van der Waals surface area contributed by atoms with E-state index in [0.29, 0.717) is 11.9 Å². The fraction of sp³-hybridized carbons (Fsp3) is 0.467. The van der Waals surface area contributed by atoms with Gasteiger partial charge in [-0.25, -0.2) is 0 Å². The molecule has 0 aliphatic heterocycles. The van der Waals surface area contributed by atoms with Gasteiger partial charge in [-0.2, -0.15) is 0 Å². The second-order valence-corrected chi connectivity index (χ2v) is 6.32. The van der Waals surface area contributed by atoms with E-state index in [1.807, 2.05) is 0 Å². The highest BCUT2D eigenvalue weighted by atomic mass is 32.2. The number of nitrogens with zero attached hydrogens (tertiary/aromatic N) is 3. The molecule has 0 spiro atoms. The van der Waals surface area contributed by atoms with E-state index in [0.717, 1.165) is 10.9 Å². The van der Waals surface area contributed by atoms with E-state index in [4.69, 9.17) is 0 Å². The fourth-order valence-electron chi connectivity index (χ4n) is 2.31. The highest BCUT2D eigenvalue weighted by molar-refractivity contribution is 7.98. The van der Waals surface area contributed by atoms with Crippen molar-refractivity contribution in [2.75, 3.05) is 0 Å². The molecule has 0 radical (unpaired) electrons. The van der Waals surface area contributed by atoms with Crippen LogP contribution in [0.4, 0.5) is 0 Å². The van der Waals surface area contributed by atoms with Gasteiger partial charge in [-0.1, -0.05) is 35.5 Å². The molecule has 1 fully saturated rings. The van der Waals surface area contributed by atoms with Crippen LogP contribution in [0.2, 0.25) is 0 Å². The largest absolute Gasteiger partial charge is 0.388 e. The molecule has 3 rings (SSSR count). The predicted molar refractivity (Wildman–Crippen MR) is 79.7 cm³/mol. The summed E-state index contributed by atoms with van der Waals surface area (Å²) < 4.78 is 2.11. The Morgan fingerprint density at radius 2 is 2.10 bits per heavy atom. The molecule has 0 saturated heterocycles. The summed E-state index contributed by atoms with van der Waals surface area (Å²) in [7, 11) is 0. The van der Waals surface area contributed by atoms with E-state index in [1.165, 1.54) is 29.5 Å². The third-order valence-corrected chi connectivity index (χ3v) is 4.64. The van der Waals surface area contributed by atoms with E-state index in [-0.39, 0.29) is 6.61 Å². The zero-order chi connectivity index (χ0) is 14.1. The summed E-state index contributed by atoms with van der Waals surface area (Å²) >= 11 is 1.71. The zero-order valence-corrected chi connectivity index (χ0v) is 12.7. The zero-order valence-electron chi connectivity index (χ0n) is 11.8. The van der Waals surface area contributed by atoms with Crippen LogP contribution in [0, 0.1) is 13.8 Å². The standard InChI is InChI=1S/C15H19N3OS/c1-10-3-4-11(2)12(7-10)9-20-15-17-16-14(8-19)18(15)13-5-6-13/h3-4,7,13,19H,5-6,8-9H2,1-2H3. The molecule has 1 aromatic carbocycles. The number of aromatic nitrogens is 3. The Morgan fingerprint density at radius 3 is 2.80 bits per heavy atom. The Balaban J connectivity index is 1.78. The Hall–Kier alpha value is -1.33. The van der Waals surface area contributed by atoms with Gasteiger partial charge in [0.05, 0.1) is 0 Å². The molecule has 1 heterocycles. The van der Waals surface area contributed by atoms with Crippen molar-refractivity contribution in [3.8, 4) is 0 Å². The van der Waals surface area contributed by atoms with Gasteiger partial charge in [0.2, 0.25) is 0 Å². The minimum Gasteiger partial charge on any atom is -0.388 e. The Bertz CT molecular complexity index is 620. The first-order valence-electron chi connectivity index (χ1n) is 6.92. The number of benzene rings is 1. The quantitative estimate of drug-likeness (QED) is 0.860. The fourth-order valence-corrected chi connectivity index (χ4v) is 3.40. The Labute approximate surface area is 123 Å². The van der Waals surface area contributed by atoms with Crippen LogP contribution in [0.5, 0.6) is 0 Å². The lowest BCUT2D eigenvalue weighted by atomic mass is 10.1. The van der Waals surface area contributed by atoms with Gasteiger partial charge in [-0.15, -0.1) is 10.2 Å². The predicted octanol–water partition coefficient (Wildman–Crippen LogP) is 3.01. The molecule has 1 saturated carbocycles. The van der Waals surface area contributed by atoms with E-state index in [2.05, 4.69) is 46.8 Å². The molecule has 1 N–H and O–H groups in total. The molecular formula is C15H19N3OS. The summed E-state index contributed by atoms with van der Waals surface area (Å²) in [5.41, 5.74) is 3.93. The summed E-state index contributed by atoms with van der Waals surface area (Å²) in [6, 6.07) is 7.02. The maximum Gasteiger partial charge on any atom is 0.191 e. The average Bonchev–Trinajstić information content (AvgIpc) is 3.20. The van der Waals surface area contributed by atoms with Crippen molar-refractivity contribution in [1.29, 1.82) is 0 Å². The molecule has 2 aromatic rings. The third-order valence-electron chi connectivity index (χ3n) is 3.65. The van der Waals surface area contributed by atoms with E-state index < -0.39 is 0 Å². The van der Waals surface area contributed by atoms with Crippen LogP contribution in [-0.2, 0) is 12.4 Å². The maximum absolute atomic E-state index is 9.34. The molecule has 0 atom stereocenters. The van der Waals surface area contributed by atoms with Crippen LogP contribution >= 0.6 is 11.8 Å². The molecule has 1 aliphatic carbocycles. The van der Waals surface area contributed by atoms with Crippen molar-refractivity contribution in [3.05, 3.63) is 40.7 Å². The number of hydrogen-bond acceptors (Lipinski definition) is 4. The molecule has 0 bridgehead atoms. The number of hydrogen-bond donors (Lipinski definition) is 1. The first kappa shape index (κ1) is 13.6. The number of aliphatic hydroxyl groups is 1. The molecule has 1 aromatic heterocycles. The molecule has 0 amide bonds. The van der Waals surface area contributed by atoms with Crippen molar-refractivity contribution >= 4 is 11.8 Å². The van der Waals surface area contributed by atoms with Crippen molar-refractivity contribution in [2.24, 2.45) is 0 Å². The van der Waals surface area contributed by atoms with Gasteiger partial charge in [-0.05, 0) is 37.8 Å². The van der Waals surface area contributed by atoms with Gasteiger partial charge in [0.25, 0.3) is 0 Å². The van der Waals surface area contributed by atoms with Crippen LogP contribution in [0.25, 0.3) is 0 Å². The number of rotatable bonds is 5. The molecule has 1 aliphatic rings. The Morgan fingerprint density at radius 1 is 1.30 bits per heavy atom. The minimum atomic E-state index is -0.0342. The lowest BCUT2D eigenvalue weighted by Gasteiger charge is -2.09. The average molecular weight is 289 g/mol. The summed E-state index contributed by atoms with van der Waals surface area (Å²) in [5.74, 6) is 1.58. The van der Waals surface area contributed by atoms with Crippen LogP contribution in [0.1, 0.15) is 41.4 Å². The molecule has 4 nitrogen and oxygen atoms in total. The van der Waals surface area contributed by atoms with E-state index in [9.17, 15) is 5.11 Å². The maximum atomic E-state index is 9.34. The highest BCUT2D eigenvalue weighted by Gasteiger charge is 2.29. The SMILES string of the molecule is Cc1ccc(C)c(CSc2nnc(CO)n2C2CC2)c1. The van der Waals surface area contributed by atoms with Crippen molar-refractivity contribution in [3.63, 3.8) is 0 Å². The topological polar surface area (TPSA) is 50.9 Å². The van der Waals surface area contributed by atoms with Crippen LogP contribution in [0.15, 0.2) is 23.4 Å². The second kappa shape index (κ2) is 5.58. The number of thioether (sulfide) groups is 1. The Kier molecular flexibility index (Phi) is 3.81. The molecular weight excluding hydrogens is 270 g/mol. The van der Waals surface area contributed by atoms with Crippen LogP contribution in [0.3, 0.4) is 0 Å². The first-order chi connectivity index (χ1) is 9.69. The van der Waals surface area contributed by atoms with E-state index >= 15 is 0 Å². The van der Waals surface area contributed by atoms with Gasteiger partial charge in [-0.3, -0.25) is 0 Å². The number of aliphatic hydroxyl groups excluding tert-OH is 1. The summed E-state index contributed by atoms with van der Waals surface area (Å²) in [5, 5.41) is 18.6. The molecule has 20 heavy (non-hydrogen) atoms. The van der Waals surface area contributed by atoms with Crippen molar-refractivity contribution in [1.82, 2.24) is 14.8 Å². The highest BCUT2D eigenvalue weighted by Crippen LogP contribution is 2.39. The normalized spacial score (nSPS) is 14.8. The summed E-state index contributed by atoms with van der Waals surface area (Å²) in [6.07, 6.45) is 2.34. The van der Waals surface area contributed by atoms with Crippen LogP contribution < -0.4 is 0 Å². The minimum absolute atomic E-state index is 0.0342. The van der Waals surface area contributed by atoms with E-state index in [1.54, 1.807) is 11.8 Å². The summed E-state index contributed by atoms with van der Waals surface area (Å²) in [6.45, 7) is 4.22.